The van der Waals surface area contributed by atoms with Gasteiger partial charge in [0.1, 0.15) is 5.75 Å². The molecule has 1 heterocycles. The summed E-state index contributed by atoms with van der Waals surface area (Å²) in [6.07, 6.45) is 3.36. The first kappa shape index (κ1) is 12.2. The largest absolute Gasteiger partial charge is 0.478 e. The number of rotatable bonds is 3. The molecule has 5 heteroatoms. The lowest BCUT2D eigenvalue weighted by Crippen LogP contribution is -1.98. The highest BCUT2D eigenvalue weighted by Crippen LogP contribution is 2.31. The van der Waals surface area contributed by atoms with Gasteiger partial charge in [-0.2, -0.15) is 5.10 Å². The van der Waals surface area contributed by atoms with E-state index in [1.165, 1.54) is 0 Å². The van der Waals surface area contributed by atoms with Gasteiger partial charge >= 0.3 is 5.97 Å². The van der Waals surface area contributed by atoms with Crippen molar-refractivity contribution in [2.75, 3.05) is 0 Å². The number of ether oxygens (including phenoxy) is 1. The fourth-order valence-corrected chi connectivity index (χ4v) is 2.13. The van der Waals surface area contributed by atoms with Crippen molar-refractivity contribution in [3.05, 3.63) is 54.4 Å². The predicted molar refractivity (Wildman–Crippen MR) is 74.2 cm³/mol. The number of fused-ring (bicyclic) bond motifs is 1. The fourth-order valence-electron chi connectivity index (χ4n) is 2.13. The Bertz CT molecular complexity index is 793. The van der Waals surface area contributed by atoms with E-state index in [2.05, 4.69) is 5.10 Å². The molecule has 5 nitrogen and oxygen atoms in total. The Hall–Kier alpha value is -2.82. The molecule has 1 aromatic heterocycles. The second-order valence-electron chi connectivity index (χ2n) is 4.41. The monoisotopic (exact) mass is 268 g/mol. The van der Waals surface area contributed by atoms with Crippen LogP contribution in [-0.4, -0.2) is 20.9 Å². The van der Waals surface area contributed by atoms with Crippen LogP contribution in [0.4, 0.5) is 0 Å². The minimum Gasteiger partial charge on any atom is -0.478 e. The Morgan fingerprint density at radius 3 is 2.60 bits per heavy atom. The molecule has 3 aromatic rings. The average Bonchev–Trinajstić information content (AvgIpc) is 2.84. The van der Waals surface area contributed by atoms with Crippen molar-refractivity contribution < 1.29 is 14.6 Å². The van der Waals surface area contributed by atoms with Gasteiger partial charge in [-0.1, -0.05) is 24.3 Å². The van der Waals surface area contributed by atoms with Crippen LogP contribution in [0, 0.1) is 0 Å². The molecule has 20 heavy (non-hydrogen) atoms. The van der Waals surface area contributed by atoms with Gasteiger partial charge in [-0.25, -0.2) is 4.79 Å². The zero-order valence-electron chi connectivity index (χ0n) is 10.8. The number of benzene rings is 2. The second kappa shape index (κ2) is 4.70. The number of aromatic carboxylic acids is 1. The molecule has 0 aliphatic rings. The summed E-state index contributed by atoms with van der Waals surface area (Å²) in [6, 6.07) is 10.5. The highest BCUT2D eigenvalue weighted by atomic mass is 16.5. The number of aryl methyl sites for hydroxylation is 1. The summed E-state index contributed by atoms with van der Waals surface area (Å²) in [5.74, 6) is 0.272. The normalized spacial score (nSPS) is 10.7. The molecule has 3 rings (SSSR count). The van der Waals surface area contributed by atoms with E-state index in [0.717, 1.165) is 5.39 Å². The zero-order chi connectivity index (χ0) is 14.1. The molecular weight excluding hydrogens is 256 g/mol. The van der Waals surface area contributed by atoms with Gasteiger partial charge in [0.2, 0.25) is 0 Å². The van der Waals surface area contributed by atoms with Crippen LogP contribution in [0.1, 0.15) is 10.4 Å². The molecule has 0 aliphatic heterocycles. The number of aromatic nitrogens is 2. The predicted octanol–water partition coefficient (Wildman–Crippen LogP) is 3.06. The third-order valence-electron chi connectivity index (χ3n) is 3.02. The lowest BCUT2D eigenvalue weighted by atomic mass is 10.0. The summed E-state index contributed by atoms with van der Waals surface area (Å²) < 4.78 is 7.41. The first-order valence-electron chi connectivity index (χ1n) is 6.06. The number of nitrogens with zero attached hydrogens (tertiary/aromatic N) is 2. The molecule has 0 bridgehead atoms. The molecule has 1 N–H and O–H groups in total. The van der Waals surface area contributed by atoms with Gasteiger partial charge in [0.05, 0.1) is 18.0 Å². The van der Waals surface area contributed by atoms with Gasteiger partial charge in [-0.3, -0.25) is 4.68 Å². The number of hydrogen-bond acceptors (Lipinski definition) is 3. The molecule has 0 atom stereocenters. The van der Waals surface area contributed by atoms with Gasteiger partial charge in [0, 0.05) is 12.4 Å². The molecule has 0 unspecified atom stereocenters. The van der Waals surface area contributed by atoms with E-state index >= 15 is 0 Å². The Morgan fingerprint density at radius 1 is 1.20 bits per heavy atom. The smallest absolute Gasteiger partial charge is 0.336 e. The van der Waals surface area contributed by atoms with E-state index in [1.54, 1.807) is 42.3 Å². The van der Waals surface area contributed by atoms with Crippen LogP contribution >= 0.6 is 0 Å². The molecule has 2 aromatic carbocycles. The van der Waals surface area contributed by atoms with Crippen LogP contribution in [0.25, 0.3) is 10.8 Å². The van der Waals surface area contributed by atoms with E-state index in [0.29, 0.717) is 16.9 Å². The lowest BCUT2D eigenvalue weighted by molar-refractivity contribution is 0.0699. The standard InChI is InChI=1S/C15H12N2O3/c1-17-9-10(8-16-17)20-14-7-6-13(15(18)19)11-4-2-3-5-12(11)14/h2-9H,1H3,(H,18,19). The first-order valence-corrected chi connectivity index (χ1v) is 6.06. The molecule has 0 saturated heterocycles. The van der Waals surface area contributed by atoms with E-state index < -0.39 is 5.97 Å². The molecule has 100 valence electrons. The molecule has 0 radical (unpaired) electrons. The maximum absolute atomic E-state index is 11.2. The highest BCUT2D eigenvalue weighted by Gasteiger charge is 2.12. The van der Waals surface area contributed by atoms with E-state index in [-0.39, 0.29) is 5.56 Å². The van der Waals surface area contributed by atoms with E-state index in [4.69, 9.17) is 4.74 Å². The van der Waals surface area contributed by atoms with Crippen molar-refractivity contribution in [3.8, 4) is 11.5 Å². The Labute approximate surface area is 115 Å². The fraction of sp³-hybridized carbons (Fsp3) is 0.0667. The molecule has 0 saturated carbocycles. The van der Waals surface area contributed by atoms with Crippen LogP contribution in [0.3, 0.4) is 0 Å². The van der Waals surface area contributed by atoms with Gasteiger partial charge in [-0.15, -0.1) is 0 Å². The van der Waals surface area contributed by atoms with Crippen LogP contribution in [0.15, 0.2) is 48.8 Å². The van der Waals surface area contributed by atoms with Crippen LogP contribution in [-0.2, 0) is 7.05 Å². The number of carbonyl (C=O) groups is 1. The Morgan fingerprint density at radius 2 is 1.95 bits per heavy atom. The summed E-state index contributed by atoms with van der Waals surface area (Å²) in [5, 5.41) is 14.7. The number of carboxylic acids is 1. The number of hydrogen-bond donors (Lipinski definition) is 1. The highest BCUT2D eigenvalue weighted by molar-refractivity contribution is 6.05. The van der Waals surface area contributed by atoms with Crippen molar-refractivity contribution >= 4 is 16.7 Å². The molecule has 0 aliphatic carbocycles. The van der Waals surface area contributed by atoms with E-state index in [9.17, 15) is 9.90 Å². The van der Waals surface area contributed by atoms with Crippen molar-refractivity contribution in [1.82, 2.24) is 9.78 Å². The summed E-state index contributed by atoms with van der Waals surface area (Å²) in [6.45, 7) is 0. The summed E-state index contributed by atoms with van der Waals surface area (Å²) in [7, 11) is 1.80. The van der Waals surface area contributed by atoms with Crippen LogP contribution in [0.2, 0.25) is 0 Å². The van der Waals surface area contributed by atoms with Gasteiger partial charge < -0.3 is 9.84 Å². The second-order valence-corrected chi connectivity index (χ2v) is 4.41. The molecular formula is C15H12N2O3. The molecule has 0 fully saturated rings. The molecule has 0 spiro atoms. The van der Waals surface area contributed by atoms with Crippen LogP contribution < -0.4 is 4.74 Å². The van der Waals surface area contributed by atoms with E-state index in [1.807, 2.05) is 18.2 Å². The maximum Gasteiger partial charge on any atom is 0.336 e. The Balaban J connectivity index is 2.12. The van der Waals surface area contributed by atoms with Gasteiger partial charge in [0.25, 0.3) is 0 Å². The first-order chi connectivity index (χ1) is 9.65. The topological polar surface area (TPSA) is 64.3 Å². The minimum absolute atomic E-state index is 0.263. The van der Waals surface area contributed by atoms with Gasteiger partial charge in [0.15, 0.2) is 5.75 Å². The average molecular weight is 268 g/mol. The van der Waals surface area contributed by atoms with Crippen molar-refractivity contribution in [3.63, 3.8) is 0 Å². The van der Waals surface area contributed by atoms with Crippen LogP contribution in [0.5, 0.6) is 11.5 Å². The third kappa shape index (κ3) is 2.09. The summed E-state index contributed by atoms with van der Waals surface area (Å²) in [4.78, 5) is 11.2. The lowest BCUT2D eigenvalue weighted by Gasteiger charge is -2.09. The quantitative estimate of drug-likeness (QED) is 0.792. The van der Waals surface area contributed by atoms with Crippen molar-refractivity contribution in [2.45, 2.75) is 0 Å². The Kier molecular flexibility index (Phi) is 2.87. The zero-order valence-corrected chi connectivity index (χ0v) is 10.8. The minimum atomic E-state index is -0.950. The number of carboxylic acid groups (broad SMARTS) is 1. The summed E-state index contributed by atoms with van der Waals surface area (Å²) in [5.41, 5.74) is 0.263. The van der Waals surface area contributed by atoms with Crippen molar-refractivity contribution in [2.24, 2.45) is 7.05 Å². The van der Waals surface area contributed by atoms with Gasteiger partial charge in [-0.05, 0) is 17.5 Å². The summed E-state index contributed by atoms with van der Waals surface area (Å²) >= 11 is 0. The van der Waals surface area contributed by atoms with Crippen molar-refractivity contribution in [1.29, 1.82) is 0 Å². The molecule has 0 amide bonds. The maximum atomic E-state index is 11.2. The third-order valence-corrected chi connectivity index (χ3v) is 3.02. The SMILES string of the molecule is Cn1cc(Oc2ccc(C(=O)O)c3ccccc23)cn1.